The Morgan fingerprint density at radius 2 is 2.12 bits per heavy atom. The molecule has 1 N–H and O–H groups in total. The van der Waals surface area contributed by atoms with Crippen LogP contribution in [0.5, 0.6) is 0 Å². The van der Waals surface area contributed by atoms with E-state index in [1.165, 1.54) is 6.42 Å². The van der Waals surface area contributed by atoms with Gasteiger partial charge in [-0.25, -0.2) is 4.79 Å². The molecule has 1 atom stereocenters. The molecule has 0 spiro atoms. The number of rotatable bonds is 12. The number of carbonyl (C=O) groups excluding carboxylic acids is 1. The quantitative estimate of drug-likeness (QED) is 0.313. The SMILES string of the molecule is C=Cc1cc(C(=Cc2cccc(C)n2)N=C)cc(C(=O)OCC2CNC2)c1CCC(C)CCC. The molecule has 5 nitrogen and oxygen atoms in total. The lowest BCUT2D eigenvalue weighted by molar-refractivity contribution is 0.0396. The summed E-state index contributed by atoms with van der Waals surface area (Å²) in [6, 6.07) is 9.77. The number of pyridine rings is 1. The first kappa shape index (κ1) is 25.6. The highest BCUT2D eigenvalue weighted by Gasteiger charge is 2.22. The summed E-state index contributed by atoms with van der Waals surface area (Å²) in [5.41, 5.74) is 5.70. The lowest BCUT2D eigenvalue weighted by Gasteiger charge is -2.26. The van der Waals surface area contributed by atoms with Gasteiger partial charge in [0.2, 0.25) is 0 Å². The maximum absolute atomic E-state index is 13.3. The van der Waals surface area contributed by atoms with Crippen LogP contribution in [0.15, 0.2) is 41.9 Å². The van der Waals surface area contributed by atoms with Crippen molar-refractivity contribution in [1.82, 2.24) is 10.3 Å². The maximum atomic E-state index is 13.3. The van der Waals surface area contributed by atoms with E-state index >= 15 is 0 Å². The first-order valence-electron chi connectivity index (χ1n) is 12.2. The monoisotopic (exact) mass is 459 g/mol. The smallest absolute Gasteiger partial charge is 0.338 e. The predicted molar refractivity (Wildman–Crippen MR) is 142 cm³/mol. The predicted octanol–water partition coefficient (Wildman–Crippen LogP) is 5.98. The number of aromatic nitrogens is 1. The molecular formula is C29H37N3O2. The van der Waals surface area contributed by atoms with E-state index in [2.05, 4.69) is 42.4 Å². The van der Waals surface area contributed by atoms with Crippen LogP contribution in [0.2, 0.25) is 0 Å². The number of hydrogen-bond acceptors (Lipinski definition) is 5. The van der Waals surface area contributed by atoms with Gasteiger partial charge in [-0.3, -0.25) is 9.98 Å². The zero-order valence-electron chi connectivity index (χ0n) is 20.8. The second-order valence-corrected chi connectivity index (χ2v) is 9.24. The Balaban J connectivity index is 2.00. The topological polar surface area (TPSA) is 63.6 Å². The molecule has 0 radical (unpaired) electrons. The van der Waals surface area contributed by atoms with Crippen LogP contribution in [0, 0.1) is 18.8 Å². The van der Waals surface area contributed by atoms with Gasteiger partial charge in [0.05, 0.1) is 23.6 Å². The summed E-state index contributed by atoms with van der Waals surface area (Å²) in [5, 5.41) is 3.22. The number of aliphatic imine (C=N–C) groups is 1. The highest BCUT2D eigenvalue weighted by molar-refractivity contribution is 5.95. The lowest BCUT2D eigenvalue weighted by Crippen LogP contribution is -2.44. The van der Waals surface area contributed by atoms with Crippen molar-refractivity contribution in [2.24, 2.45) is 16.8 Å². The summed E-state index contributed by atoms with van der Waals surface area (Å²) in [5.74, 6) is 0.689. The van der Waals surface area contributed by atoms with E-state index in [0.29, 0.717) is 29.7 Å². The maximum Gasteiger partial charge on any atom is 0.338 e. The minimum atomic E-state index is -0.285. The van der Waals surface area contributed by atoms with Crippen molar-refractivity contribution < 1.29 is 9.53 Å². The van der Waals surface area contributed by atoms with Crippen LogP contribution in [0.4, 0.5) is 0 Å². The Hall–Kier alpha value is -3.05. The second-order valence-electron chi connectivity index (χ2n) is 9.24. The fourth-order valence-electron chi connectivity index (χ4n) is 4.26. The van der Waals surface area contributed by atoms with Crippen LogP contribution in [-0.4, -0.2) is 37.4 Å². The molecule has 2 heterocycles. The summed E-state index contributed by atoms with van der Waals surface area (Å²) < 4.78 is 5.74. The first-order chi connectivity index (χ1) is 16.4. The molecule has 1 fully saturated rings. The van der Waals surface area contributed by atoms with E-state index in [4.69, 9.17) is 4.74 Å². The normalized spacial score (nSPS) is 14.9. The Labute approximate surface area is 204 Å². The summed E-state index contributed by atoms with van der Waals surface area (Å²) in [7, 11) is 0. The van der Waals surface area contributed by atoms with E-state index < -0.39 is 0 Å². The van der Waals surface area contributed by atoms with Crippen LogP contribution in [0.3, 0.4) is 0 Å². The van der Waals surface area contributed by atoms with Gasteiger partial charge in [0, 0.05) is 30.3 Å². The molecule has 5 heteroatoms. The largest absolute Gasteiger partial charge is 0.462 e. The summed E-state index contributed by atoms with van der Waals surface area (Å²) in [6.45, 7) is 16.4. The molecule has 1 aromatic heterocycles. The summed E-state index contributed by atoms with van der Waals surface area (Å²) in [4.78, 5) is 22.1. The molecule has 0 amide bonds. The highest BCUT2D eigenvalue weighted by atomic mass is 16.5. The van der Waals surface area contributed by atoms with Gasteiger partial charge in [0.15, 0.2) is 0 Å². The van der Waals surface area contributed by atoms with Gasteiger partial charge < -0.3 is 10.1 Å². The molecule has 1 unspecified atom stereocenters. The van der Waals surface area contributed by atoms with Crippen molar-refractivity contribution in [3.63, 3.8) is 0 Å². The van der Waals surface area contributed by atoms with E-state index in [-0.39, 0.29) is 5.97 Å². The zero-order valence-corrected chi connectivity index (χ0v) is 20.8. The summed E-state index contributed by atoms with van der Waals surface area (Å²) >= 11 is 0. The van der Waals surface area contributed by atoms with Crippen LogP contribution < -0.4 is 5.32 Å². The minimum Gasteiger partial charge on any atom is -0.462 e. The highest BCUT2D eigenvalue weighted by Crippen LogP contribution is 2.29. The first-order valence-corrected chi connectivity index (χ1v) is 12.2. The Morgan fingerprint density at radius 1 is 1.32 bits per heavy atom. The third-order valence-corrected chi connectivity index (χ3v) is 6.37. The Morgan fingerprint density at radius 3 is 2.74 bits per heavy atom. The summed E-state index contributed by atoms with van der Waals surface area (Å²) in [6.07, 6.45) is 7.86. The van der Waals surface area contributed by atoms with Gasteiger partial charge >= 0.3 is 5.97 Å². The molecule has 180 valence electrons. The number of carbonyl (C=O) groups is 1. The average molecular weight is 460 g/mol. The van der Waals surface area contributed by atoms with Gasteiger partial charge in [-0.15, -0.1) is 0 Å². The third-order valence-electron chi connectivity index (χ3n) is 6.37. The van der Waals surface area contributed by atoms with E-state index in [1.54, 1.807) is 0 Å². The molecule has 0 aliphatic carbocycles. The Kier molecular flexibility index (Phi) is 9.34. The molecular weight excluding hydrogens is 422 g/mol. The van der Waals surface area contributed by atoms with Gasteiger partial charge in [0.1, 0.15) is 0 Å². The molecule has 0 saturated carbocycles. The van der Waals surface area contributed by atoms with E-state index in [0.717, 1.165) is 60.4 Å². The van der Waals surface area contributed by atoms with Crippen LogP contribution >= 0.6 is 0 Å². The third kappa shape index (κ3) is 6.73. The number of aryl methyl sites for hydroxylation is 1. The molecule has 0 bridgehead atoms. The molecule has 1 aliphatic rings. The van der Waals surface area contributed by atoms with Crippen molar-refractivity contribution in [2.75, 3.05) is 19.7 Å². The Bertz CT molecular complexity index is 1050. The number of benzene rings is 1. The fraction of sp³-hybridized carbons (Fsp3) is 0.414. The molecule has 2 aromatic rings. The van der Waals surface area contributed by atoms with Crippen LogP contribution in [0.25, 0.3) is 17.8 Å². The molecule has 1 saturated heterocycles. The van der Waals surface area contributed by atoms with Gasteiger partial charge in [-0.2, -0.15) is 0 Å². The number of hydrogen-bond donors (Lipinski definition) is 1. The van der Waals surface area contributed by atoms with E-state index in [1.807, 2.05) is 49.4 Å². The average Bonchev–Trinajstić information content (AvgIpc) is 2.79. The molecule has 1 aliphatic heterocycles. The van der Waals surface area contributed by atoms with Crippen molar-refractivity contribution in [3.05, 3.63) is 70.6 Å². The standard InChI is InChI=1S/C29H37N3O2/c1-6-9-20(3)12-13-26-23(7-2)14-24(15-27(26)29(33)34-19-22-17-31-18-22)28(30-5)16-25-11-8-10-21(4)32-25/h7-8,10-11,14-16,20,22,31H,2,5-6,9,12-13,17-19H2,1,3-4H3. The molecule has 34 heavy (non-hydrogen) atoms. The molecule has 1 aromatic carbocycles. The van der Waals surface area contributed by atoms with Gasteiger partial charge in [0.25, 0.3) is 0 Å². The second kappa shape index (κ2) is 12.4. The van der Waals surface area contributed by atoms with Crippen LogP contribution in [-0.2, 0) is 11.2 Å². The van der Waals surface area contributed by atoms with E-state index in [9.17, 15) is 4.79 Å². The van der Waals surface area contributed by atoms with Crippen molar-refractivity contribution in [1.29, 1.82) is 0 Å². The minimum absolute atomic E-state index is 0.285. The van der Waals surface area contributed by atoms with Gasteiger partial charge in [-0.1, -0.05) is 45.4 Å². The number of esters is 1. The van der Waals surface area contributed by atoms with Crippen molar-refractivity contribution in [2.45, 2.75) is 46.5 Å². The molecule has 3 rings (SSSR count). The zero-order chi connectivity index (χ0) is 24.5. The van der Waals surface area contributed by atoms with Gasteiger partial charge in [-0.05, 0) is 73.9 Å². The lowest BCUT2D eigenvalue weighted by atomic mass is 9.89. The number of nitrogens with one attached hydrogen (secondary N) is 1. The number of nitrogens with zero attached hydrogens (tertiary/aromatic N) is 2. The van der Waals surface area contributed by atoms with Crippen molar-refractivity contribution in [3.8, 4) is 0 Å². The van der Waals surface area contributed by atoms with Crippen LogP contribution in [0.1, 0.15) is 71.5 Å². The van der Waals surface area contributed by atoms with Crippen molar-refractivity contribution >= 4 is 30.5 Å². The number of ether oxygens (including phenoxy) is 1. The fourth-order valence-corrected chi connectivity index (χ4v) is 4.26.